The van der Waals surface area contributed by atoms with E-state index in [1.165, 1.54) is 5.56 Å². The number of likely N-dealkylation sites (tertiary alicyclic amines) is 1. The summed E-state index contributed by atoms with van der Waals surface area (Å²) < 4.78 is 33.9. The molecule has 1 aromatic carbocycles. The lowest BCUT2D eigenvalue weighted by molar-refractivity contribution is -0.0363. The first-order valence-corrected chi connectivity index (χ1v) is 7.95. The smallest absolute Gasteiger partial charge is 0.299 e. The van der Waals surface area contributed by atoms with Crippen LogP contribution in [-0.2, 0) is 20.2 Å². The van der Waals surface area contributed by atoms with Crippen LogP contribution < -0.4 is 0 Å². The van der Waals surface area contributed by atoms with Gasteiger partial charge in [-0.25, -0.2) is 4.57 Å². The number of nitrogens with zero attached hydrogens (tertiary/aromatic N) is 1. The van der Waals surface area contributed by atoms with Crippen molar-refractivity contribution >= 4 is 7.91 Å². The standard InChI is InChI=1S/C13H17FNO3P/c14-19(16)17-10-12-9-15(7-6-13(12)18-19)8-11-4-2-1-3-5-11/h1-5,12-13H,6-10H2/t12-,13+,19-/m0/s1. The van der Waals surface area contributed by atoms with E-state index in [2.05, 4.69) is 21.6 Å². The Balaban J connectivity index is 1.60. The minimum Gasteiger partial charge on any atom is -0.299 e. The number of piperidine rings is 1. The molecular formula is C13H17FNO3P. The normalized spacial score (nSPS) is 35.8. The van der Waals surface area contributed by atoms with Crippen LogP contribution >= 0.6 is 7.91 Å². The topological polar surface area (TPSA) is 38.8 Å². The second kappa shape index (κ2) is 5.33. The first-order valence-electron chi connectivity index (χ1n) is 6.51. The molecule has 3 rings (SSSR count). The van der Waals surface area contributed by atoms with Crippen molar-refractivity contribution in [2.45, 2.75) is 19.1 Å². The molecule has 0 spiro atoms. The summed E-state index contributed by atoms with van der Waals surface area (Å²) in [6.07, 6.45) is 0.436. The van der Waals surface area contributed by atoms with E-state index in [9.17, 15) is 8.76 Å². The fourth-order valence-electron chi connectivity index (χ4n) is 2.75. The summed E-state index contributed by atoms with van der Waals surface area (Å²) in [5.41, 5.74) is 1.26. The summed E-state index contributed by atoms with van der Waals surface area (Å²) in [7, 11) is -4.28. The van der Waals surface area contributed by atoms with Crippen molar-refractivity contribution in [3.05, 3.63) is 35.9 Å². The van der Waals surface area contributed by atoms with Gasteiger partial charge < -0.3 is 0 Å². The molecule has 2 fully saturated rings. The minimum absolute atomic E-state index is 0.107. The lowest BCUT2D eigenvalue weighted by Crippen LogP contribution is -2.46. The molecule has 6 heteroatoms. The molecule has 0 N–H and O–H groups in total. The quantitative estimate of drug-likeness (QED) is 0.783. The summed E-state index contributed by atoms with van der Waals surface area (Å²) in [6.45, 7) is 2.68. The average molecular weight is 285 g/mol. The van der Waals surface area contributed by atoms with Crippen LogP contribution in [0.4, 0.5) is 4.20 Å². The Morgan fingerprint density at radius 1 is 1.37 bits per heavy atom. The van der Waals surface area contributed by atoms with Crippen molar-refractivity contribution in [3.63, 3.8) is 0 Å². The molecule has 0 aromatic heterocycles. The van der Waals surface area contributed by atoms with E-state index in [0.29, 0.717) is 6.42 Å². The highest BCUT2D eigenvalue weighted by Gasteiger charge is 2.42. The summed E-state index contributed by atoms with van der Waals surface area (Å²) in [6, 6.07) is 10.2. The summed E-state index contributed by atoms with van der Waals surface area (Å²) in [4.78, 5) is 2.30. The fraction of sp³-hybridized carbons (Fsp3) is 0.538. The Labute approximate surface area is 112 Å². The van der Waals surface area contributed by atoms with E-state index < -0.39 is 7.91 Å². The zero-order chi connectivity index (χ0) is 13.3. The zero-order valence-corrected chi connectivity index (χ0v) is 11.5. The highest BCUT2D eigenvalue weighted by Crippen LogP contribution is 2.56. The molecule has 0 saturated carbocycles. The van der Waals surface area contributed by atoms with Crippen molar-refractivity contribution < 1.29 is 17.8 Å². The maximum Gasteiger partial charge on any atom is 0.513 e. The highest BCUT2D eigenvalue weighted by molar-refractivity contribution is 7.48. The van der Waals surface area contributed by atoms with Gasteiger partial charge in [0.25, 0.3) is 0 Å². The van der Waals surface area contributed by atoms with Gasteiger partial charge in [-0.1, -0.05) is 30.3 Å². The van der Waals surface area contributed by atoms with Gasteiger partial charge in [0.15, 0.2) is 0 Å². The molecule has 2 heterocycles. The first kappa shape index (κ1) is 13.3. The van der Waals surface area contributed by atoms with E-state index in [0.717, 1.165) is 19.6 Å². The Morgan fingerprint density at radius 2 is 2.16 bits per heavy atom. The lowest BCUT2D eigenvalue weighted by Gasteiger charge is -2.40. The van der Waals surface area contributed by atoms with Gasteiger partial charge in [0.2, 0.25) is 0 Å². The van der Waals surface area contributed by atoms with Crippen molar-refractivity contribution in [1.82, 2.24) is 4.90 Å². The van der Waals surface area contributed by atoms with Crippen LogP contribution in [0.3, 0.4) is 0 Å². The van der Waals surface area contributed by atoms with Gasteiger partial charge in [0.05, 0.1) is 12.7 Å². The fourth-order valence-corrected chi connectivity index (χ4v) is 3.78. The molecular weight excluding hydrogens is 268 g/mol. The summed E-state index contributed by atoms with van der Waals surface area (Å²) in [5.74, 6) is 0.107. The van der Waals surface area contributed by atoms with Crippen LogP contribution in [0.5, 0.6) is 0 Å². The van der Waals surface area contributed by atoms with E-state index in [1.54, 1.807) is 0 Å². The number of rotatable bonds is 2. The predicted molar refractivity (Wildman–Crippen MR) is 69.4 cm³/mol. The Bertz CT molecular complexity index is 484. The molecule has 0 bridgehead atoms. The molecule has 2 aliphatic rings. The zero-order valence-electron chi connectivity index (χ0n) is 10.6. The molecule has 1 aromatic rings. The lowest BCUT2D eigenvalue weighted by atomic mass is 9.95. The maximum atomic E-state index is 13.2. The minimum atomic E-state index is -4.28. The molecule has 3 atom stereocenters. The van der Waals surface area contributed by atoms with Crippen LogP contribution in [0.25, 0.3) is 0 Å². The SMILES string of the molecule is O=[P@@]1(F)OC[C@@H]2CN(Cc3ccccc3)CC[C@H]2O1. The average Bonchev–Trinajstić information content (AvgIpc) is 2.39. The van der Waals surface area contributed by atoms with Crippen LogP contribution in [0, 0.1) is 5.92 Å². The maximum absolute atomic E-state index is 13.2. The van der Waals surface area contributed by atoms with Crippen LogP contribution in [0.2, 0.25) is 0 Å². The Kier molecular flexibility index (Phi) is 3.72. The second-order valence-corrected chi connectivity index (χ2v) is 6.47. The summed E-state index contributed by atoms with van der Waals surface area (Å²) >= 11 is 0. The van der Waals surface area contributed by atoms with Gasteiger partial charge in [-0.3, -0.25) is 13.9 Å². The van der Waals surface area contributed by atoms with Gasteiger partial charge in [0.1, 0.15) is 0 Å². The van der Waals surface area contributed by atoms with Gasteiger partial charge in [-0.05, 0) is 12.0 Å². The molecule has 0 amide bonds. The molecule has 104 valence electrons. The molecule has 2 aliphatic heterocycles. The van der Waals surface area contributed by atoms with E-state index >= 15 is 0 Å². The van der Waals surface area contributed by atoms with Gasteiger partial charge in [0, 0.05) is 25.6 Å². The van der Waals surface area contributed by atoms with Crippen molar-refractivity contribution in [2.75, 3.05) is 19.7 Å². The second-order valence-electron chi connectivity index (χ2n) is 5.14. The van der Waals surface area contributed by atoms with Gasteiger partial charge in [-0.2, -0.15) is 0 Å². The number of hydrogen-bond donors (Lipinski definition) is 0. The van der Waals surface area contributed by atoms with Crippen molar-refractivity contribution in [1.29, 1.82) is 0 Å². The third kappa shape index (κ3) is 3.23. The number of hydrogen-bond acceptors (Lipinski definition) is 4. The molecule has 2 saturated heterocycles. The Hall–Kier alpha value is -0.740. The third-order valence-electron chi connectivity index (χ3n) is 3.70. The first-order chi connectivity index (χ1) is 9.12. The predicted octanol–water partition coefficient (Wildman–Crippen LogP) is 3.00. The molecule has 0 unspecified atom stereocenters. The Morgan fingerprint density at radius 3 is 2.95 bits per heavy atom. The van der Waals surface area contributed by atoms with Crippen LogP contribution in [0.1, 0.15) is 12.0 Å². The molecule has 0 aliphatic carbocycles. The van der Waals surface area contributed by atoms with Gasteiger partial charge >= 0.3 is 7.91 Å². The molecule has 19 heavy (non-hydrogen) atoms. The molecule has 0 radical (unpaired) electrons. The van der Waals surface area contributed by atoms with Crippen molar-refractivity contribution in [3.8, 4) is 0 Å². The van der Waals surface area contributed by atoms with Gasteiger partial charge in [-0.15, -0.1) is 4.20 Å². The van der Waals surface area contributed by atoms with Crippen molar-refractivity contribution in [2.24, 2.45) is 5.92 Å². The number of halogens is 1. The highest BCUT2D eigenvalue weighted by atomic mass is 31.2. The number of benzene rings is 1. The van der Waals surface area contributed by atoms with Crippen LogP contribution in [-0.4, -0.2) is 30.7 Å². The van der Waals surface area contributed by atoms with Crippen LogP contribution in [0.15, 0.2) is 30.3 Å². The molecule has 4 nitrogen and oxygen atoms in total. The van der Waals surface area contributed by atoms with E-state index in [-0.39, 0.29) is 18.6 Å². The van der Waals surface area contributed by atoms with E-state index in [4.69, 9.17) is 4.52 Å². The van der Waals surface area contributed by atoms with E-state index in [1.807, 2.05) is 18.2 Å². The monoisotopic (exact) mass is 285 g/mol. The largest absolute Gasteiger partial charge is 0.513 e. The number of fused-ring (bicyclic) bond motifs is 1. The third-order valence-corrected chi connectivity index (χ3v) is 4.68. The summed E-state index contributed by atoms with van der Waals surface area (Å²) in [5, 5.41) is 0.